The lowest BCUT2D eigenvalue weighted by atomic mass is 9.81. The molecule has 3 aliphatic rings. The molecule has 4 atom stereocenters. The minimum Gasteiger partial charge on any atom is -0.447 e. The summed E-state index contributed by atoms with van der Waals surface area (Å²) in [6.45, 7) is 3.28. The van der Waals surface area contributed by atoms with Crippen molar-refractivity contribution in [1.82, 2.24) is 4.90 Å². The van der Waals surface area contributed by atoms with Crippen LogP contribution in [0.15, 0.2) is 18.2 Å². The van der Waals surface area contributed by atoms with Crippen LogP contribution in [0.5, 0.6) is 0 Å². The Labute approximate surface area is 172 Å². The van der Waals surface area contributed by atoms with Gasteiger partial charge in [-0.2, -0.15) is 0 Å². The van der Waals surface area contributed by atoms with Crippen LogP contribution in [0.2, 0.25) is 10.0 Å². The van der Waals surface area contributed by atoms with E-state index in [-0.39, 0.29) is 30.6 Å². The van der Waals surface area contributed by atoms with E-state index >= 15 is 0 Å². The molecule has 7 nitrogen and oxygen atoms in total. The lowest BCUT2D eigenvalue weighted by molar-refractivity contribution is -0.150. The summed E-state index contributed by atoms with van der Waals surface area (Å²) in [5, 5.41) is 3.22. The van der Waals surface area contributed by atoms with Crippen molar-refractivity contribution in [2.24, 2.45) is 11.8 Å². The maximum absolute atomic E-state index is 12.9. The summed E-state index contributed by atoms with van der Waals surface area (Å²) in [5.74, 6) is -1.28. The molecule has 3 amide bonds. The Balaban J connectivity index is 1.40. The highest BCUT2D eigenvalue weighted by Crippen LogP contribution is 2.49. The zero-order valence-corrected chi connectivity index (χ0v) is 16.9. The molecule has 3 saturated heterocycles. The summed E-state index contributed by atoms with van der Waals surface area (Å²) in [6, 6.07) is 4.64. The first-order valence-electron chi connectivity index (χ1n) is 9.11. The van der Waals surface area contributed by atoms with Crippen LogP contribution in [0, 0.1) is 11.8 Å². The summed E-state index contributed by atoms with van der Waals surface area (Å²) < 4.78 is 11.0. The van der Waals surface area contributed by atoms with E-state index in [1.54, 1.807) is 26.0 Å². The van der Waals surface area contributed by atoms with Gasteiger partial charge in [0.25, 0.3) is 0 Å². The van der Waals surface area contributed by atoms with Crippen LogP contribution in [-0.2, 0) is 19.1 Å². The van der Waals surface area contributed by atoms with Gasteiger partial charge in [-0.25, -0.2) is 4.79 Å². The van der Waals surface area contributed by atoms with Crippen LogP contribution in [0.4, 0.5) is 10.5 Å². The van der Waals surface area contributed by atoms with Gasteiger partial charge in [0, 0.05) is 5.69 Å². The van der Waals surface area contributed by atoms with Crippen molar-refractivity contribution in [2.45, 2.75) is 44.4 Å². The summed E-state index contributed by atoms with van der Waals surface area (Å²) in [7, 11) is 0. The number of benzene rings is 1. The molecule has 0 saturated carbocycles. The molecule has 1 N–H and O–H groups in total. The Morgan fingerprint density at radius 1 is 1.18 bits per heavy atom. The average Bonchev–Trinajstić information content (AvgIpc) is 3.30. The van der Waals surface area contributed by atoms with Crippen molar-refractivity contribution >= 4 is 46.8 Å². The summed E-state index contributed by atoms with van der Waals surface area (Å²) in [6.07, 6.45) is 0.551. The van der Waals surface area contributed by atoms with Gasteiger partial charge in [0.2, 0.25) is 11.8 Å². The maximum Gasteiger partial charge on any atom is 0.411 e. The van der Waals surface area contributed by atoms with Crippen LogP contribution < -0.4 is 5.32 Å². The highest BCUT2D eigenvalue weighted by molar-refractivity contribution is 6.42. The van der Waals surface area contributed by atoms with Crippen LogP contribution >= 0.6 is 23.2 Å². The second-order valence-electron chi connectivity index (χ2n) is 8.00. The van der Waals surface area contributed by atoms with Crippen LogP contribution in [0.1, 0.15) is 26.7 Å². The lowest BCUT2D eigenvalue weighted by Crippen LogP contribution is -2.52. The summed E-state index contributed by atoms with van der Waals surface area (Å²) in [5.41, 5.74) is -0.541. The molecule has 2 bridgehead atoms. The van der Waals surface area contributed by atoms with Gasteiger partial charge in [-0.05, 0) is 44.9 Å². The van der Waals surface area contributed by atoms with Crippen LogP contribution in [0.3, 0.4) is 0 Å². The summed E-state index contributed by atoms with van der Waals surface area (Å²) in [4.78, 5) is 39.1. The molecular formula is C19H20Cl2N2O5. The first-order valence-corrected chi connectivity index (χ1v) is 9.87. The van der Waals surface area contributed by atoms with Gasteiger partial charge in [-0.3, -0.25) is 19.8 Å². The van der Waals surface area contributed by atoms with Crippen molar-refractivity contribution in [3.8, 4) is 0 Å². The first-order chi connectivity index (χ1) is 13.2. The Hall–Kier alpha value is -1.83. The number of carbonyl (C=O) groups excluding carboxylic acids is 3. The van der Waals surface area contributed by atoms with Gasteiger partial charge in [-0.1, -0.05) is 23.2 Å². The normalized spacial score (nSPS) is 28.6. The number of ether oxygens (including phenoxy) is 2. The molecule has 4 rings (SSSR count). The zero-order valence-electron chi connectivity index (χ0n) is 15.4. The molecule has 28 heavy (non-hydrogen) atoms. The van der Waals surface area contributed by atoms with E-state index in [4.69, 9.17) is 32.7 Å². The number of hydrogen-bond acceptors (Lipinski definition) is 5. The van der Waals surface area contributed by atoms with E-state index in [1.807, 2.05) is 0 Å². The number of anilines is 1. The predicted octanol–water partition coefficient (Wildman–Crippen LogP) is 3.48. The largest absolute Gasteiger partial charge is 0.447 e. The first kappa shape index (κ1) is 19.5. The Kier molecular flexibility index (Phi) is 4.80. The van der Waals surface area contributed by atoms with Gasteiger partial charge in [0.05, 0.1) is 39.6 Å². The fraction of sp³-hybridized carbons (Fsp3) is 0.526. The van der Waals surface area contributed by atoms with Gasteiger partial charge >= 0.3 is 6.09 Å². The van der Waals surface area contributed by atoms with Crippen molar-refractivity contribution in [1.29, 1.82) is 0 Å². The van der Waals surface area contributed by atoms with E-state index in [0.717, 1.165) is 12.8 Å². The van der Waals surface area contributed by atoms with Crippen molar-refractivity contribution in [3.63, 3.8) is 0 Å². The third-order valence-corrected chi connectivity index (χ3v) is 6.35. The number of hydrogen-bond donors (Lipinski definition) is 1. The molecule has 3 aliphatic heterocycles. The number of halogens is 2. The molecule has 1 aromatic rings. The molecule has 0 spiro atoms. The molecule has 0 aliphatic carbocycles. The predicted molar refractivity (Wildman–Crippen MR) is 102 cm³/mol. The third-order valence-electron chi connectivity index (χ3n) is 5.61. The number of carbonyl (C=O) groups is 3. The Morgan fingerprint density at radius 2 is 1.79 bits per heavy atom. The quantitative estimate of drug-likeness (QED) is 0.744. The van der Waals surface area contributed by atoms with Crippen molar-refractivity contribution in [3.05, 3.63) is 28.2 Å². The number of rotatable bonds is 4. The van der Waals surface area contributed by atoms with Crippen LogP contribution in [0.25, 0.3) is 0 Å². The minimum absolute atomic E-state index is 0.132. The number of imide groups is 1. The van der Waals surface area contributed by atoms with Crippen LogP contribution in [-0.4, -0.2) is 47.2 Å². The zero-order chi connectivity index (χ0) is 20.2. The highest BCUT2D eigenvalue weighted by Gasteiger charge is 2.64. The van der Waals surface area contributed by atoms with Crippen molar-refractivity contribution < 1.29 is 23.9 Å². The standard InChI is InChI=1S/C19H20Cl2N2O5/c1-19(2,8-27-18(26)22-9-3-4-10(20)11(21)7-9)23-16(24)14-12-5-6-13(28-12)15(14)17(23)25/h3-4,7,12-15H,5-6,8H2,1-2H3,(H,22,26). The molecule has 3 heterocycles. The second-order valence-corrected chi connectivity index (χ2v) is 8.81. The SMILES string of the molecule is CC(C)(COC(=O)Nc1ccc(Cl)c(Cl)c1)N1C(=O)C2C3CCC(O3)C2C1=O. The van der Waals surface area contributed by atoms with E-state index in [0.29, 0.717) is 15.7 Å². The fourth-order valence-corrected chi connectivity index (χ4v) is 4.64. The number of nitrogens with zero attached hydrogens (tertiary/aromatic N) is 1. The Bertz CT molecular complexity index is 831. The van der Waals surface area contributed by atoms with Gasteiger partial charge in [-0.15, -0.1) is 0 Å². The van der Waals surface area contributed by atoms with E-state index in [1.165, 1.54) is 11.0 Å². The fourth-order valence-electron chi connectivity index (χ4n) is 4.34. The molecule has 3 fully saturated rings. The molecule has 150 valence electrons. The number of amides is 3. The molecule has 1 aromatic carbocycles. The monoisotopic (exact) mass is 426 g/mol. The topological polar surface area (TPSA) is 84.9 Å². The minimum atomic E-state index is -0.965. The average molecular weight is 427 g/mol. The summed E-state index contributed by atoms with van der Waals surface area (Å²) >= 11 is 11.8. The number of likely N-dealkylation sites (tertiary alicyclic amines) is 1. The van der Waals surface area contributed by atoms with E-state index < -0.39 is 23.5 Å². The third kappa shape index (κ3) is 3.15. The molecule has 0 radical (unpaired) electrons. The lowest BCUT2D eigenvalue weighted by Gasteiger charge is -2.34. The van der Waals surface area contributed by atoms with Gasteiger partial charge < -0.3 is 9.47 Å². The van der Waals surface area contributed by atoms with E-state index in [2.05, 4.69) is 5.32 Å². The highest BCUT2D eigenvalue weighted by atomic mass is 35.5. The number of nitrogens with one attached hydrogen (secondary N) is 1. The molecule has 9 heteroatoms. The molecule has 0 aromatic heterocycles. The van der Waals surface area contributed by atoms with Gasteiger partial charge in [0.1, 0.15) is 6.61 Å². The number of fused-ring (bicyclic) bond motifs is 5. The van der Waals surface area contributed by atoms with Crippen molar-refractivity contribution in [2.75, 3.05) is 11.9 Å². The Morgan fingerprint density at radius 3 is 2.36 bits per heavy atom. The molecular weight excluding hydrogens is 407 g/mol. The molecule has 4 unspecified atom stereocenters. The maximum atomic E-state index is 12.9. The van der Waals surface area contributed by atoms with Gasteiger partial charge in [0.15, 0.2) is 0 Å². The smallest absolute Gasteiger partial charge is 0.411 e. The van der Waals surface area contributed by atoms with E-state index in [9.17, 15) is 14.4 Å². The second kappa shape index (κ2) is 6.90.